The van der Waals surface area contributed by atoms with Crippen LogP contribution in [0.2, 0.25) is 0 Å². The summed E-state index contributed by atoms with van der Waals surface area (Å²) < 4.78 is 34.7. The lowest BCUT2D eigenvalue weighted by atomic mass is 9.80. The molecule has 0 unspecified atom stereocenters. The summed E-state index contributed by atoms with van der Waals surface area (Å²) >= 11 is 12.2. The molecule has 0 spiro atoms. The van der Waals surface area contributed by atoms with Crippen LogP contribution in [0.5, 0.6) is 0 Å². The minimum absolute atomic E-state index is 0. The maximum atomic E-state index is 11.7. The minimum atomic E-state index is -1.42. The number of aliphatic carboxylic acids is 2. The molecular formula is C102H144B6I6N4O28. The van der Waals surface area contributed by atoms with Gasteiger partial charge in [-0.25, -0.2) is 0 Å². The van der Waals surface area contributed by atoms with Crippen LogP contribution in [0.1, 0.15) is 221 Å². The summed E-state index contributed by atoms with van der Waals surface area (Å²) in [6, 6.07) is 64.9. The normalized spacial score (nSPS) is 10.1. The molecule has 44 heteroatoms. The summed E-state index contributed by atoms with van der Waals surface area (Å²) in [5.41, 5.74) is 18.6. The number of carboxylic acids is 2. The Balaban J connectivity index is -0.000000762. The average molecular weight is 2700 g/mol. The van der Waals surface area contributed by atoms with E-state index < -0.39 is 77.1 Å². The highest BCUT2D eigenvalue weighted by molar-refractivity contribution is 14.1. The van der Waals surface area contributed by atoms with E-state index in [-0.39, 0.29) is 76.2 Å². The zero-order valence-corrected chi connectivity index (χ0v) is 96.5. The first-order chi connectivity index (χ1) is 67.3. The van der Waals surface area contributed by atoms with Gasteiger partial charge in [-0.05, 0) is 339 Å². The van der Waals surface area contributed by atoms with E-state index in [0.717, 1.165) is 43.7 Å². The topological polar surface area (TPSA) is 559 Å². The third-order valence-electron chi connectivity index (χ3n) is 17.2. The maximum absolute atomic E-state index is 11.7. The predicted octanol–water partition coefficient (Wildman–Crippen LogP) is 12.8. The number of nitrogens with two attached hydrogens (primary N) is 2. The largest absolute Gasteiger partial charge is 0.492 e. The molecule has 2 heterocycles. The van der Waals surface area contributed by atoms with Gasteiger partial charge in [0.2, 0.25) is 11.8 Å². The number of nitrogens with one attached hydrogen (secondary N) is 2. The number of halogens is 6. The minimum Gasteiger partial charge on any atom is -0.481 e. The van der Waals surface area contributed by atoms with Crippen molar-refractivity contribution in [2.45, 2.75) is 250 Å². The van der Waals surface area contributed by atoms with Crippen LogP contribution in [0.25, 0.3) is 0 Å². The molecule has 800 valence electrons. The molecule has 8 aromatic carbocycles. The van der Waals surface area contributed by atoms with E-state index in [2.05, 4.69) is 110 Å². The summed E-state index contributed by atoms with van der Waals surface area (Å²) in [5, 5.41) is 127. The quantitative estimate of drug-likeness (QED) is 0.00653. The lowest BCUT2D eigenvalue weighted by Crippen LogP contribution is -2.32. The molecule has 0 aliphatic carbocycles. The zero-order valence-electron chi connectivity index (χ0n) is 83.5. The smallest absolute Gasteiger partial charge is 0.481 e. The van der Waals surface area contributed by atoms with Crippen LogP contribution in [0.3, 0.4) is 0 Å². The Morgan fingerprint density at radius 2 is 0.534 bits per heavy atom. The third-order valence-corrected chi connectivity index (χ3v) is 22.8. The Labute approximate surface area is 944 Å². The number of ether oxygens (including phenoxy) is 4. The van der Waals surface area contributed by atoms with Crippen molar-refractivity contribution in [2.75, 3.05) is 0 Å². The van der Waals surface area contributed by atoms with Gasteiger partial charge >= 0.3 is 78.5 Å². The number of carbonyl (C=O) groups excluding carboxylic acids is 6. The Morgan fingerprint density at radius 3 is 0.788 bits per heavy atom. The van der Waals surface area contributed by atoms with Crippen LogP contribution >= 0.6 is 136 Å². The first-order valence-corrected chi connectivity index (χ1v) is 51.8. The number of esters is 4. The van der Waals surface area contributed by atoms with Crippen LogP contribution in [0.15, 0.2) is 240 Å². The molecule has 0 fully saturated rings. The number of carbonyl (C=O) groups is 8. The van der Waals surface area contributed by atoms with Gasteiger partial charge in [-0.2, -0.15) is 0 Å². The third kappa shape index (κ3) is 80.3. The standard InChI is InChI=1S/C17H25NO3.C16H23NO3.C10H18O4.C9H16O4.2C7H8BIO2.2C7H9N.2C6H6BIO2.2C4H4BIO3.2CH4/c1-17(2,3)21-16(20)12-8-7-11-15(19)18-13-14-9-5-4-6-10-14;1-16(2,3)20-15(19)11-7-10-14(18)17-12-13-8-5-4-6-9-13;1-10(2,3)14-9(13)7-5-4-6-8(11)12;1-9(2,3)13-8(12)6-4-5-7(10)11;1-5-2-3-7(9)6(4-5)8(10)11;1-5-2-3-6(8(10)11)7(9)4-5;2*8-6-7-4-2-1-3-5-7;2*8-6-4-2-1-3-5(6)7(9)10;2*6-4-2-9-1-3(4)5(7)8;;/h4-6,9-10H,7-8,11-13H2,1-3H3,(H,18,19);4-6,8-9H,7,10-12H2,1-3H3,(H,17,18);4-7H2,1-3H3,(H,11,12);4-6H2,1-3H3,(H,10,11);2*2-4,10-11H,1H3;2*1-5H,6,8H2;2*1-4,9-10H;2*1-2,7-8H;2*1H4. The highest BCUT2D eigenvalue weighted by Crippen LogP contribution is 2.17. The molecule has 0 radical (unpaired) electrons. The molecule has 0 bridgehead atoms. The SMILES string of the molecule is C.C.CC(C)(C)OC(=O)CCCC(=O)NCc1ccccc1.CC(C)(C)OC(=O)CCCC(=O)O.CC(C)(C)OC(=O)CCCCC(=O)NCc1ccccc1.CC(C)(C)OC(=O)CCCCC(=O)O.Cc1ccc(B(O)O)c(I)c1.Cc1ccc(I)c(B(O)O)c1.NCc1ccccc1.NCc1ccccc1.OB(O)c1ccccc1I.OB(O)c1ccccc1I.OB(O)c1cocc1I.OB(O)c1cocc1I. The van der Waals surface area contributed by atoms with E-state index in [1.165, 1.54) is 36.2 Å². The van der Waals surface area contributed by atoms with E-state index in [4.69, 9.17) is 101 Å². The fourth-order valence-corrected chi connectivity index (χ4v) is 14.5. The van der Waals surface area contributed by atoms with Gasteiger partial charge in [0.25, 0.3) is 0 Å². The molecule has 0 saturated carbocycles. The molecule has 2 aromatic heterocycles. The van der Waals surface area contributed by atoms with Gasteiger partial charge in [0.15, 0.2) is 0 Å². The van der Waals surface area contributed by atoms with Gasteiger partial charge in [0, 0.05) is 103 Å². The number of carboxylic acid groups (broad SMARTS) is 2. The second-order valence-electron chi connectivity index (χ2n) is 34.8. The van der Waals surface area contributed by atoms with Crippen molar-refractivity contribution in [2.24, 2.45) is 11.5 Å². The van der Waals surface area contributed by atoms with E-state index >= 15 is 0 Å². The van der Waals surface area contributed by atoms with E-state index in [1.54, 1.807) is 57.2 Å². The molecule has 0 aliphatic rings. The molecule has 0 aliphatic heterocycles. The number of benzene rings is 8. The Kier molecular flexibility index (Phi) is 81.2. The van der Waals surface area contributed by atoms with Gasteiger partial charge in [0.05, 0.1) is 19.7 Å². The Hall–Kier alpha value is -7.71. The second kappa shape index (κ2) is 82.1. The lowest BCUT2D eigenvalue weighted by Gasteiger charge is -2.19. The van der Waals surface area contributed by atoms with Gasteiger partial charge in [-0.15, -0.1) is 0 Å². The van der Waals surface area contributed by atoms with Crippen LogP contribution in [0, 0.1) is 35.3 Å². The Morgan fingerprint density at radius 1 is 0.288 bits per heavy atom. The molecule has 10 aromatic rings. The van der Waals surface area contributed by atoms with E-state index in [0.29, 0.717) is 123 Å². The van der Waals surface area contributed by atoms with Crippen LogP contribution in [-0.4, -0.2) is 183 Å². The number of hydrogen-bond donors (Lipinski definition) is 18. The summed E-state index contributed by atoms with van der Waals surface area (Å²) in [7, 11) is -8.27. The van der Waals surface area contributed by atoms with Crippen LogP contribution < -0.4 is 54.9 Å². The van der Waals surface area contributed by atoms with Crippen LogP contribution in [-0.2, 0) is 83.5 Å². The number of furan rings is 2. The first kappa shape index (κ1) is 145. The van der Waals surface area contributed by atoms with Gasteiger partial charge < -0.3 is 120 Å². The molecule has 20 N–H and O–H groups in total. The second-order valence-corrected chi connectivity index (χ2v) is 41.8. The zero-order chi connectivity index (χ0) is 110. The maximum Gasteiger partial charge on any atom is 0.492 e. The van der Waals surface area contributed by atoms with Crippen molar-refractivity contribution in [3.05, 3.63) is 286 Å². The van der Waals surface area contributed by atoms with E-state index in [1.807, 2.05) is 291 Å². The van der Waals surface area contributed by atoms with Crippen molar-refractivity contribution in [1.29, 1.82) is 0 Å². The monoisotopic (exact) mass is 2700 g/mol. The van der Waals surface area contributed by atoms with Gasteiger partial charge in [-0.1, -0.05) is 208 Å². The van der Waals surface area contributed by atoms with Gasteiger partial charge in [-0.3, -0.25) is 38.4 Å². The number of amides is 2. The number of rotatable bonds is 30. The average Bonchev–Trinajstić information content (AvgIpc) is 1.15. The number of aryl methyl sites for hydroxylation is 2. The highest BCUT2D eigenvalue weighted by Gasteiger charge is 2.23. The number of unbranched alkanes of at least 4 members (excludes halogenated alkanes) is 2. The molecule has 2 amide bonds. The van der Waals surface area contributed by atoms with Crippen molar-refractivity contribution in [1.82, 2.24) is 10.6 Å². The van der Waals surface area contributed by atoms with E-state index in [9.17, 15) is 38.4 Å². The fraction of sp³-hybridized carbons (Fsp3) is 0.373. The summed E-state index contributed by atoms with van der Waals surface area (Å²) in [6.07, 6.45) is 10.9. The first-order valence-electron chi connectivity index (χ1n) is 45.3. The number of hydrogen-bond acceptors (Lipinski definition) is 28. The molecule has 0 saturated heterocycles. The van der Waals surface area contributed by atoms with Crippen molar-refractivity contribution in [3.8, 4) is 0 Å². The predicted molar refractivity (Wildman–Crippen MR) is 630 cm³/mol. The molecule has 0 atom stereocenters. The van der Waals surface area contributed by atoms with Crippen molar-refractivity contribution in [3.63, 3.8) is 0 Å². The summed E-state index contributed by atoms with van der Waals surface area (Å²) in [5.74, 6) is -2.80. The molecule has 146 heavy (non-hydrogen) atoms. The fourth-order valence-electron chi connectivity index (χ4n) is 10.5. The molecular weight excluding hydrogens is 2560 g/mol. The van der Waals surface area contributed by atoms with Gasteiger partial charge in [0.1, 0.15) is 34.9 Å². The summed E-state index contributed by atoms with van der Waals surface area (Å²) in [6.45, 7) is 28.0. The van der Waals surface area contributed by atoms with Crippen molar-refractivity contribution < 1.29 is 137 Å². The van der Waals surface area contributed by atoms with Crippen LogP contribution in [0.4, 0.5) is 0 Å². The lowest BCUT2D eigenvalue weighted by molar-refractivity contribution is -0.156. The van der Waals surface area contributed by atoms with Crippen molar-refractivity contribution >= 4 is 259 Å². The molecule has 32 nitrogen and oxygen atoms in total. The Bertz CT molecular complexity index is 5100. The highest BCUT2D eigenvalue weighted by atomic mass is 127. The summed E-state index contributed by atoms with van der Waals surface area (Å²) in [4.78, 5) is 88.7. The molecule has 10 rings (SSSR count).